The third-order valence-electron chi connectivity index (χ3n) is 24.4. The van der Waals surface area contributed by atoms with E-state index in [4.69, 9.17) is 17.7 Å². The molecule has 0 bridgehead atoms. The van der Waals surface area contributed by atoms with Crippen molar-refractivity contribution in [1.29, 1.82) is 0 Å². The average molecular weight is 1470 g/mol. The highest BCUT2D eigenvalue weighted by atomic mass is 16.3. The van der Waals surface area contributed by atoms with Gasteiger partial charge in [-0.25, -0.2) is 0 Å². The maximum atomic E-state index is 7.00. The van der Waals surface area contributed by atoms with Crippen LogP contribution in [0, 0.1) is 0 Å². The molecule has 0 saturated heterocycles. The van der Waals surface area contributed by atoms with Crippen LogP contribution >= 0.6 is 0 Å². The minimum atomic E-state index is -0.452. The summed E-state index contributed by atoms with van der Waals surface area (Å²) in [7, 11) is 0. The van der Waals surface area contributed by atoms with Crippen molar-refractivity contribution in [1.82, 2.24) is 0 Å². The van der Waals surface area contributed by atoms with E-state index < -0.39 is 5.41 Å². The number of anilines is 12. The average Bonchev–Trinajstić information content (AvgIpc) is 1.64. The molecule has 0 aliphatic rings. The lowest BCUT2D eigenvalue weighted by molar-refractivity contribution is 0.641. The van der Waals surface area contributed by atoms with Crippen LogP contribution in [0.1, 0.15) is 25.0 Å². The molecule has 0 atom stereocenters. The second-order valence-electron chi connectivity index (χ2n) is 30.9. The molecule has 540 valence electrons. The Labute approximate surface area is 660 Å². The zero-order valence-electron chi connectivity index (χ0n) is 62.7. The number of benzene rings is 20. The molecule has 0 spiro atoms. The number of hydrogen-bond acceptors (Lipinski definition) is 8. The summed E-state index contributed by atoms with van der Waals surface area (Å²) in [6.45, 7) is 4.68. The minimum absolute atomic E-state index is 0.452. The van der Waals surface area contributed by atoms with Crippen molar-refractivity contribution in [2.24, 2.45) is 0 Å². The number of furan rings is 4. The molecular weight excluding hydrogens is 1410 g/mol. The highest BCUT2D eigenvalue weighted by Gasteiger charge is 2.31. The van der Waals surface area contributed by atoms with Gasteiger partial charge in [0.1, 0.15) is 22.3 Å². The minimum Gasteiger partial charge on any atom is -0.454 e. The van der Waals surface area contributed by atoms with Gasteiger partial charge in [0, 0.05) is 92.8 Å². The van der Waals surface area contributed by atoms with Gasteiger partial charge in [0.15, 0.2) is 22.3 Å². The molecule has 20 aromatic carbocycles. The van der Waals surface area contributed by atoms with Crippen molar-refractivity contribution in [3.8, 4) is 0 Å². The normalized spacial score (nSPS) is 12.3. The highest BCUT2D eigenvalue weighted by molar-refractivity contribution is 6.31. The molecule has 0 unspecified atom stereocenters. The number of fused-ring (bicyclic) bond motifs is 12. The number of nitrogens with zero attached hydrogens (tertiary/aromatic N) is 4. The second-order valence-corrected chi connectivity index (χ2v) is 30.9. The molecular formula is C107H68N4O4. The summed E-state index contributed by atoms with van der Waals surface area (Å²) < 4.78 is 27.6. The summed E-state index contributed by atoms with van der Waals surface area (Å²) in [4.78, 5) is 9.58. The maximum Gasteiger partial charge on any atom is 0.159 e. The topological polar surface area (TPSA) is 65.5 Å². The monoisotopic (exact) mass is 1470 g/mol. The summed E-state index contributed by atoms with van der Waals surface area (Å²) in [6, 6.07) is 136. The van der Waals surface area contributed by atoms with E-state index in [-0.39, 0.29) is 0 Å². The molecule has 8 heteroatoms. The van der Waals surface area contributed by atoms with E-state index in [2.05, 4.69) is 397 Å². The Balaban J connectivity index is 0.636. The summed E-state index contributed by atoms with van der Waals surface area (Å²) in [5.74, 6) is 0. The first-order chi connectivity index (χ1) is 56.8. The zero-order valence-corrected chi connectivity index (χ0v) is 62.7. The molecule has 0 radical (unpaired) electrons. The van der Waals surface area contributed by atoms with Crippen LogP contribution in [0.3, 0.4) is 0 Å². The fourth-order valence-corrected chi connectivity index (χ4v) is 19.0. The molecule has 8 nitrogen and oxygen atoms in total. The van der Waals surface area contributed by atoms with Gasteiger partial charge in [-0.05, 0) is 176 Å². The molecule has 0 fully saturated rings. The summed E-state index contributed by atoms with van der Waals surface area (Å²) in [6.07, 6.45) is 0. The lowest BCUT2D eigenvalue weighted by Gasteiger charge is -2.31. The lowest BCUT2D eigenvalue weighted by Crippen LogP contribution is -2.19. The Morgan fingerprint density at radius 1 is 0.174 bits per heavy atom. The van der Waals surface area contributed by atoms with Gasteiger partial charge in [-0.1, -0.05) is 269 Å². The molecule has 0 aliphatic heterocycles. The molecule has 24 rings (SSSR count). The van der Waals surface area contributed by atoms with E-state index in [0.717, 1.165) is 199 Å². The van der Waals surface area contributed by atoms with Crippen LogP contribution in [-0.2, 0) is 5.41 Å². The van der Waals surface area contributed by atoms with Crippen LogP contribution < -0.4 is 19.6 Å². The van der Waals surface area contributed by atoms with Crippen LogP contribution in [-0.4, -0.2) is 0 Å². The van der Waals surface area contributed by atoms with E-state index in [0.29, 0.717) is 0 Å². The molecule has 0 amide bonds. The number of rotatable bonds is 14. The number of para-hydroxylation sites is 10. The Kier molecular flexibility index (Phi) is 14.0. The van der Waals surface area contributed by atoms with Crippen molar-refractivity contribution in [3.05, 3.63) is 387 Å². The Morgan fingerprint density at radius 2 is 0.400 bits per heavy atom. The molecule has 115 heavy (non-hydrogen) atoms. The molecule has 0 aliphatic carbocycles. The molecule has 4 aromatic heterocycles. The summed E-state index contributed by atoms with van der Waals surface area (Å²) in [5, 5.41) is 22.5. The SMILES string of the molecule is CC(C)(c1ccc(N(c2ccc3ccc4c(N(c5ccccc5)c5cccc6c5oc5ccccc56)ccc5ccc2c3c54)c2cccc3c2oc2ccccc23)cc1)c1ccc(N(c2ccc3ccc4c(N(c5ccccc5)c5cccc6c5oc5ccccc56)ccc5ccc2c3c54)c2cccc3c2oc2ccccc23)cc1. The standard InChI is InChI=1S/C107H68N4O4/c1-107(2,69-49-53-73(54-50-69)110(93-35-19-31-81-77-27-11-15-39-97(77)114-105(81)93)89-63-47-67-41-57-83-87(61-45-65-43-59-85(89)101(67)99(65)83)108(71-21-5-3-6-22-71)91-33-17-29-79-75-25-9-13-37-95(75)112-103(79)91)70-51-55-74(56-52-70)111(94-36-20-32-82-78-28-12-16-40-98(78)115-106(82)94)90-64-48-68-42-58-84-88(62-46-66-44-60-86(90)102(68)100(66)84)109(72-23-7-4-8-24-72)92-34-18-30-80-76-26-10-14-38-96(76)113-104(80)92/h3-64H,1-2H3. The van der Waals surface area contributed by atoms with Gasteiger partial charge in [-0.2, -0.15) is 0 Å². The maximum absolute atomic E-state index is 7.00. The summed E-state index contributed by atoms with van der Waals surface area (Å²) >= 11 is 0. The first-order valence-electron chi connectivity index (χ1n) is 39.4. The second kappa shape index (κ2) is 24.9. The van der Waals surface area contributed by atoms with E-state index >= 15 is 0 Å². The lowest BCUT2D eigenvalue weighted by atomic mass is 9.78. The molecule has 4 heterocycles. The molecule has 0 saturated carbocycles. The third kappa shape index (κ3) is 9.73. The molecule has 24 aromatic rings. The van der Waals surface area contributed by atoms with Gasteiger partial charge in [-0.3, -0.25) is 0 Å². The fraction of sp³-hybridized carbons (Fsp3) is 0.0280. The van der Waals surface area contributed by atoms with Gasteiger partial charge < -0.3 is 37.3 Å². The fourth-order valence-electron chi connectivity index (χ4n) is 19.0. The van der Waals surface area contributed by atoms with Gasteiger partial charge in [0.05, 0.1) is 45.5 Å². The van der Waals surface area contributed by atoms with Crippen molar-refractivity contribution in [2.75, 3.05) is 19.6 Å². The first kappa shape index (κ1) is 64.7. The van der Waals surface area contributed by atoms with E-state index in [1.165, 1.54) is 32.7 Å². The van der Waals surface area contributed by atoms with Crippen molar-refractivity contribution in [2.45, 2.75) is 19.3 Å². The van der Waals surface area contributed by atoms with Crippen LogP contribution in [0.15, 0.2) is 394 Å². The largest absolute Gasteiger partial charge is 0.454 e. The van der Waals surface area contributed by atoms with E-state index in [1.54, 1.807) is 0 Å². The van der Waals surface area contributed by atoms with Crippen LogP contribution in [0.2, 0.25) is 0 Å². The smallest absolute Gasteiger partial charge is 0.159 e. The van der Waals surface area contributed by atoms with Crippen molar-refractivity contribution < 1.29 is 17.7 Å². The number of hydrogen-bond donors (Lipinski definition) is 0. The Morgan fingerprint density at radius 3 is 0.670 bits per heavy atom. The van der Waals surface area contributed by atoms with E-state index in [9.17, 15) is 0 Å². The van der Waals surface area contributed by atoms with Gasteiger partial charge >= 0.3 is 0 Å². The van der Waals surface area contributed by atoms with Gasteiger partial charge in [0.25, 0.3) is 0 Å². The summed E-state index contributed by atoms with van der Waals surface area (Å²) in [5.41, 5.74) is 20.7. The van der Waals surface area contributed by atoms with Crippen LogP contribution in [0.4, 0.5) is 68.2 Å². The van der Waals surface area contributed by atoms with Crippen LogP contribution in [0.25, 0.3) is 152 Å². The quantitative estimate of drug-likeness (QED) is 0.0998. The Hall–Kier alpha value is -15.1. The molecule has 0 N–H and O–H groups in total. The van der Waals surface area contributed by atoms with Crippen molar-refractivity contribution in [3.63, 3.8) is 0 Å². The zero-order chi connectivity index (χ0) is 75.7. The van der Waals surface area contributed by atoms with Gasteiger partial charge in [0.2, 0.25) is 0 Å². The van der Waals surface area contributed by atoms with E-state index in [1.807, 2.05) is 12.1 Å². The predicted octanol–water partition coefficient (Wildman–Crippen LogP) is 31.3. The predicted molar refractivity (Wildman–Crippen MR) is 480 cm³/mol. The first-order valence-corrected chi connectivity index (χ1v) is 39.4. The van der Waals surface area contributed by atoms with Crippen LogP contribution in [0.5, 0.6) is 0 Å². The van der Waals surface area contributed by atoms with Crippen molar-refractivity contribution >= 4 is 221 Å². The highest BCUT2D eigenvalue weighted by Crippen LogP contribution is 2.55. The van der Waals surface area contributed by atoms with Gasteiger partial charge in [-0.15, -0.1) is 0 Å². The third-order valence-corrected chi connectivity index (χ3v) is 24.4. The Bertz CT molecular complexity index is 7560.